The Morgan fingerprint density at radius 2 is 1.78 bits per heavy atom. The van der Waals surface area contributed by atoms with Crippen LogP contribution in [0.15, 0.2) is 36.6 Å². The van der Waals surface area contributed by atoms with Crippen LogP contribution in [0.5, 0.6) is 0 Å². The fourth-order valence-corrected chi connectivity index (χ4v) is 6.08. The van der Waals surface area contributed by atoms with Crippen molar-refractivity contribution in [2.75, 3.05) is 25.1 Å². The lowest BCUT2D eigenvalue weighted by Crippen LogP contribution is -2.62. The Hall–Kier alpha value is -2.34. The van der Waals surface area contributed by atoms with E-state index >= 15 is 0 Å². The van der Waals surface area contributed by atoms with Crippen molar-refractivity contribution in [1.29, 1.82) is 0 Å². The number of hydrogen-bond donors (Lipinski definition) is 0. The zero-order valence-corrected chi connectivity index (χ0v) is 21.5. The molecule has 1 amide bonds. The van der Waals surface area contributed by atoms with E-state index in [0.29, 0.717) is 5.56 Å². The molecular formula is C24H19Cl2F4NO5S. The summed E-state index contributed by atoms with van der Waals surface area (Å²) in [6.07, 6.45) is -3.45. The van der Waals surface area contributed by atoms with Crippen LogP contribution in [0.3, 0.4) is 0 Å². The van der Waals surface area contributed by atoms with Gasteiger partial charge >= 0.3 is 6.18 Å². The van der Waals surface area contributed by atoms with Crippen LogP contribution >= 0.6 is 23.2 Å². The van der Waals surface area contributed by atoms with E-state index in [1.54, 1.807) is 18.2 Å². The highest BCUT2D eigenvalue weighted by Crippen LogP contribution is 2.53. The van der Waals surface area contributed by atoms with Crippen molar-refractivity contribution in [3.8, 4) is 0 Å². The molecule has 1 unspecified atom stereocenters. The maximum Gasteiger partial charge on any atom is 0.432 e. The van der Waals surface area contributed by atoms with Gasteiger partial charge in [0.05, 0.1) is 36.0 Å². The van der Waals surface area contributed by atoms with Crippen molar-refractivity contribution < 1.29 is 40.2 Å². The maximum absolute atomic E-state index is 14.3. The first-order valence-electron chi connectivity index (χ1n) is 11.0. The Kier molecular flexibility index (Phi) is 6.10. The van der Waals surface area contributed by atoms with Crippen LogP contribution in [0.2, 0.25) is 10.0 Å². The molecule has 3 heterocycles. The Bertz CT molecular complexity index is 1430. The zero-order chi connectivity index (χ0) is 27.0. The summed E-state index contributed by atoms with van der Waals surface area (Å²) in [7, 11) is -3.47. The number of halogens is 6. The van der Waals surface area contributed by atoms with Crippen molar-refractivity contribution in [3.63, 3.8) is 0 Å². The van der Waals surface area contributed by atoms with E-state index in [4.69, 9.17) is 32.7 Å². The molecule has 37 heavy (non-hydrogen) atoms. The molecule has 2 aromatic rings. The first-order valence-corrected chi connectivity index (χ1v) is 13.8. The number of likely N-dealkylation sites (tertiary alicyclic amines) is 1. The Labute approximate surface area is 219 Å². The third kappa shape index (κ3) is 4.39. The van der Waals surface area contributed by atoms with Crippen molar-refractivity contribution in [2.45, 2.75) is 30.4 Å². The van der Waals surface area contributed by atoms with Crippen molar-refractivity contribution in [3.05, 3.63) is 74.7 Å². The summed E-state index contributed by atoms with van der Waals surface area (Å²) in [6.45, 7) is 0.546. The highest BCUT2D eigenvalue weighted by atomic mass is 35.5. The highest BCUT2D eigenvalue weighted by Gasteiger charge is 2.61. The second-order valence-electron chi connectivity index (χ2n) is 9.49. The first-order chi connectivity index (χ1) is 17.1. The molecule has 1 spiro atoms. The van der Waals surface area contributed by atoms with Gasteiger partial charge in [-0.1, -0.05) is 35.3 Å². The van der Waals surface area contributed by atoms with E-state index < -0.39 is 66.7 Å². The number of amides is 1. The fraction of sp³-hybridized carbons (Fsp3) is 0.375. The van der Waals surface area contributed by atoms with Gasteiger partial charge in [0.25, 0.3) is 0 Å². The fourth-order valence-electron chi connectivity index (χ4n) is 4.96. The summed E-state index contributed by atoms with van der Waals surface area (Å²) in [5.74, 6) is -2.12. The van der Waals surface area contributed by atoms with Gasteiger partial charge in [0, 0.05) is 18.2 Å². The average Bonchev–Trinajstić information content (AvgIpc) is 3.37. The average molecular weight is 580 g/mol. The highest BCUT2D eigenvalue weighted by molar-refractivity contribution is 7.91. The second kappa shape index (κ2) is 8.59. The summed E-state index contributed by atoms with van der Waals surface area (Å²) in [6, 6.07) is 6.80. The molecule has 0 aromatic heterocycles. The lowest BCUT2D eigenvalue weighted by atomic mass is 9.82. The van der Waals surface area contributed by atoms with Crippen LogP contribution in [0.1, 0.15) is 28.7 Å². The summed E-state index contributed by atoms with van der Waals surface area (Å²) < 4.78 is 90.8. The molecule has 0 radical (unpaired) electrons. The van der Waals surface area contributed by atoms with Crippen LogP contribution in [-0.4, -0.2) is 50.5 Å². The van der Waals surface area contributed by atoms with E-state index in [1.807, 2.05) is 0 Å². The normalized spacial score (nSPS) is 22.5. The molecule has 13 heteroatoms. The molecule has 3 aliphatic rings. The Morgan fingerprint density at radius 3 is 2.38 bits per heavy atom. The number of nitrogens with zero attached hydrogens (tertiary/aromatic N) is 1. The molecule has 1 atom stereocenters. The van der Waals surface area contributed by atoms with Gasteiger partial charge in [0.15, 0.2) is 15.7 Å². The monoisotopic (exact) mass is 579 g/mol. The number of benzene rings is 2. The molecule has 5 rings (SSSR count). The van der Waals surface area contributed by atoms with Crippen molar-refractivity contribution in [1.82, 2.24) is 4.90 Å². The zero-order valence-electron chi connectivity index (χ0n) is 19.2. The minimum Gasteiger partial charge on any atom is -0.480 e. The molecule has 1 fully saturated rings. The second-order valence-corrected chi connectivity index (χ2v) is 12.4. The topological polar surface area (TPSA) is 72.9 Å². The van der Waals surface area contributed by atoms with Gasteiger partial charge in [-0.05, 0) is 40.5 Å². The molecule has 1 saturated heterocycles. The van der Waals surface area contributed by atoms with Crippen LogP contribution in [0.4, 0.5) is 17.6 Å². The van der Waals surface area contributed by atoms with Crippen LogP contribution < -0.4 is 0 Å². The van der Waals surface area contributed by atoms with Gasteiger partial charge in [0.1, 0.15) is 11.4 Å². The standard InChI is InChI=1S/C24H19Cl2F4NO5S/c1-37(33,34)10-20(32)31-11-22(12-31)17-3-2-13(4-14(17)8-35-22)15-7-23(36-9-15,24(28,29)30)16-5-18(25)21(27)19(26)6-16/h2-6,9H,7-8,10-12H2,1H3. The molecule has 0 aliphatic carbocycles. The van der Waals surface area contributed by atoms with E-state index in [9.17, 15) is 30.8 Å². The number of rotatable bonds is 4. The van der Waals surface area contributed by atoms with E-state index in [2.05, 4.69) is 0 Å². The summed E-state index contributed by atoms with van der Waals surface area (Å²) in [5, 5.41) is -1.10. The predicted octanol–water partition coefficient (Wildman–Crippen LogP) is 4.96. The number of hydrogen-bond acceptors (Lipinski definition) is 5. The van der Waals surface area contributed by atoms with Gasteiger partial charge in [-0.2, -0.15) is 13.2 Å². The predicted molar refractivity (Wildman–Crippen MR) is 127 cm³/mol. The van der Waals surface area contributed by atoms with Gasteiger partial charge < -0.3 is 14.4 Å². The van der Waals surface area contributed by atoms with Crippen molar-refractivity contribution in [2.24, 2.45) is 0 Å². The smallest absolute Gasteiger partial charge is 0.432 e. The number of carbonyl (C=O) groups excluding carboxylic acids is 1. The van der Waals surface area contributed by atoms with E-state index in [1.165, 1.54) is 4.90 Å². The number of carbonyl (C=O) groups is 1. The summed E-state index contributed by atoms with van der Waals surface area (Å²) in [5.41, 5.74) is -1.72. The van der Waals surface area contributed by atoms with Crippen LogP contribution in [0.25, 0.3) is 5.57 Å². The number of ether oxygens (including phenoxy) is 2. The SMILES string of the molecule is CS(=O)(=O)CC(=O)N1CC2(C1)OCc1cc(C3=COC(c4cc(Cl)c(F)c(Cl)c4)(C(F)(F)F)C3)ccc12. The van der Waals surface area contributed by atoms with E-state index in [-0.39, 0.29) is 25.3 Å². The number of alkyl halides is 3. The molecule has 0 bridgehead atoms. The van der Waals surface area contributed by atoms with Gasteiger partial charge in [-0.25, -0.2) is 12.8 Å². The third-order valence-electron chi connectivity index (χ3n) is 6.85. The third-order valence-corrected chi connectivity index (χ3v) is 8.17. The molecule has 0 saturated carbocycles. The van der Waals surface area contributed by atoms with Gasteiger partial charge in [0.2, 0.25) is 11.5 Å². The first kappa shape index (κ1) is 26.3. The lowest BCUT2D eigenvalue weighted by molar-refractivity contribution is -0.260. The molecule has 0 N–H and O–H groups in total. The molecule has 3 aliphatic heterocycles. The van der Waals surface area contributed by atoms with Crippen LogP contribution in [-0.2, 0) is 41.9 Å². The van der Waals surface area contributed by atoms with Crippen LogP contribution in [0, 0.1) is 5.82 Å². The minimum absolute atomic E-state index is 0.180. The van der Waals surface area contributed by atoms with Gasteiger partial charge in [-0.3, -0.25) is 4.79 Å². The molecule has 6 nitrogen and oxygen atoms in total. The lowest BCUT2D eigenvalue weighted by Gasteiger charge is -2.47. The molecule has 198 valence electrons. The minimum atomic E-state index is -4.87. The molecule has 2 aromatic carbocycles. The largest absolute Gasteiger partial charge is 0.480 e. The quantitative estimate of drug-likeness (QED) is 0.378. The van der Waals surface area contributed by atoms with Gasteiger partial charge in [-0.15, -0.1) is 0 Å². The van der Waals surface area contributed by atoms with Crippen molar-refractivity contribution >= 4 is 44.5 Å². The Balaban J connectivity index is 1.38. The van der Waals surface area contributed by atoms with E-state index in [0.717, 1.165) is 35.8 Å². The summed E-state index contributed by atoms with van der Waals surface area (Å²) >= 11 is 11.5. The number of fused-ring (bicyclic) bond motifs is 2. The summed E-state index contributed by atoms with van der Waals surface area (Å²) in [4.78, 5) is 13.6. The molecular weight excluding hydrogens is 561 g/mol. The number of sulfone groups is 1. The Morgan fingerprint density at radius 1 is 1.14 bits per heavy atom. The maximum atomic E-state index is 14.3.